The van der Waals surface area contributed by atoms with Crippen LogP contribution in [0.25, 0.3) is 33.6 Å². The first-order valence-corrected chi connectivity index (χ1v) is 19.3. The van der Waals surface area contributed by atoms with Crippen LogP contribution in [0.2, 0.25) is 0 Å². The number of methoxy groups -OCH3 is 2. The summed E-state index contributed by atoms with van der Waals surface area (Å²) in [6.07, 6.45) is 7.66. The standard InChI is InChI=1S/C43H49N7O6/c1-54-38(32-10-5-3-6-11-32)42(52)50-23-9-13-37(50)40-45-27-36(47-40)31-20-16-29(17-21-31)28-14-18-30(19-15-28)35-26-44-39(46-35)33-22-25-56-24-8-4-7-12-34(41(51)48-33)49-43(53)55-2/h3,5-6,10-11,14-21,26-27,33-34,37-38H,4,7-9,12-13,22-25H2,1-2H3,(H,44,46)(H,45,47)(H,48,51)(H,49,53)/t33-,34-,37-,38+/m0/s1. The van der Waals surface area contributed by atoms with Crippen LogP contribution in [0.3, 0.4) is 0 Å². The lowest BCUT2D eigenvalue weighted by molar-refractivity contribution is -0.143. The molecule has 0 spiro atoms. The summed E-state index contributed by atoms with van der Waals surface area (Å²) in [5.74, 6) is 1.06. The number of rotatable bonds is 9. The molecule has 0 saturated carbocycles. The molecule has 4 atom stereocenters. The van der Waals surface area contributed by atoms with E-state index in [2.05, 4.69) is 62.0 Å². The second-order valence-electron chi connectivity index (χ2n) is 14.2. The predicted molar refractivity (Wildman–Crippen MR) is 211 cm³/mol. The third-order valence-electron chi connectivity index (χ3n) is 10.6. The first kappa shape index (κ1) is 38.5. The Morgan fingerprint density at radius 1 is 0.768 bits per heavy atom. The molecule has 2 aliphatic rings. The Labute approximate surface area is 326 Å². The first-order chi connectivity index (χ1) is 27.4. The zero-order chi connectivity index (χ0) is 38.9. The van der Waals surface area contributed by atoms with Crippen LogP contribution in [-0.2, 0) is 23.8 Å². The summed E-state index contributed by atoms with van der Waals surface area (Å²) >= 11 is 0. The van der Waals surface area contributed by atoms with Crippen LogP contribution < -0.4 is 10.6 Å². The third-order valence-corrected chi connectivity index (χ3v) is 10.6. The smallest absolute Gasteiger partial charge is 0.407 e. The summed E-state index contributed by atoms with van der Waals surface area (Å²) in [6.45, 7) is 1.77. The van der Waals surface area contributed by atoms with Gasteiger partial charge in [0.05, 0.1) is 43.0 Å². The number of aromatic amines is 2. The fourth-order valence-electron chi connectivity index (χ4n) is 7.52. The molecule has 3 aromatic carbocycles. The molecule has 0 aliphatic carbocycles. The highest BCUT2D eigenvalue weighted by Crippen LogP contribution is 2.35. The molecule has 56 heavy (non-hydrogen) atoms. The number of amides is 3. The van der Waals surface area contributed by atoms with Crippen molar-refractivity contribution < 1.29 is 28.6 Å². The minimum atomic E-state index is -0.701. The fourth-order valence-corrected chi connectivity index (χ4v) is 7.52. The Morgan fingerprint density at radius 2 is 1.41 bits per heavy atom. The summed E-state index contributed by atoms with van der Waals surface area (Å²) in [4.78, 5) is 57.0. The van der Waals surface area contributed by atoms with Crippen molar-refractivity contribution >= 4 is 17.9 Å². The third kappa shape index (κ3) is 9.01. The number of nitrogens with zero attached hydrogens (tertiary/aromatic N) is 3. The minimum Gasteiger partial charge on any atom is -0.453 e. The molecule has 4 N–H and O–H groups in total. The molecule has 0 unspecified atom stereocenters. The zero-order valence-electron chi connectivity index (χ0n) is 31.8. The van der Waals surface area contributed by atoms with E-state index in [4.69, 9.17) is 19.2 Å². The molecular formula is C43H49N7O6. The van der Waals surface area contributed by atoms with Gasteiger partial charge in [0.2, 0.25) is 5.91 Å². The Bertz CT molecular complexity index is 2060. The Balaban J connectivity index is 1.00. The number of ether oxygens (including phenoxy) is 3. The number of nitrogens with one attached hydrogen (secondary N) is 4. The molecule has 2 aliphatic heterocycles. The number of benzene rings is 3. The lowest BCUT2D eigenvalue weighted by atomic mass is 10.0. The number of imidazole rings is 2. The maximum Gasteiger partial charge on any atom is 0.407 e. The second kappa shape index (κ2) is 18.2. The lowest BCUT2D eigenvalue weighted by Crippen LogP contribution is -2.48. The van der Waals surface area contributed by atoms with Crippen LogP contribution in [0, 0.1) is 0 Å². The summed E-state index contributed by atoms with van der Waals surface area (Å²) < 4.78 is 16.2. The molecule has 292 valence electrons. The molecule has 2 saturated heterocycles. The van der Waals surface area contributed by atoms with Gasteiger partial charge in [0, 0.05) is 26.9 Å². The molecule has 5 aromatic rings. The van der Waals surface area contributed by atoms with E-state index < -0.39 is 24.3 Å². The predicted octanol–water partition coefficient (Wildman–Crippen LogP) is 7.05. The van der Waals surface area contributed by atoms with E-state index >= 15 is 0 Å². The molecule has 2 fully saturated rings. The maximum atomic E-state index is 13.6. The van der Waals surface area contributed by atoms with Gasteiger partial charge >= 0.3 is 6.09 Å². The second-order valence-corrected chi connectivity index (χ2v) is 14.2. The number of H-pyrrole nitrogens is 2. The number of carbonyl (C=O) groups is 3. The van der Waals surface area contributed by atoms with Gasteiger partial charge in [-0.05, 0) is 59.9 Å². The zero-order valence-corrected chi connectivity index (χ0v) is 31.8. The SMILES string of the molecule is COC(=O)N[C@H]1CCCCCOCC[C@@H](c2ncc(-c3ccc(-c4ccc(-c5cnc([C@@H]6CCCN6C(=O)[C@H](OC)c6ccccc6)[nH]5)cc4)cc3)[nH]2)NC1=O. The van der Waals surface area contributed by atoms with Gasteiger partial charge in [0.1, 0.15) is 17.7 Å². The van der Waals surface area contributed by atoms with Gasteiger partial charge in [-0.1, -0.05) is 91.7 Å². The molecule has 4 heterocycles. The van der Waals surface area contributed by atoms with Crippen molar-refractivity contribution in [2.24, 2.45) is 0 Å². The summed E-state index contributed by atoms with van der Waals surface area (Å²) in [5.41, 5.74) is 6.63. The Hall–Kier alpha value is -5.79. The molecule has 7 rings (SSSR count). The average molecular weight is 760 g/mol. The topological polar surface area (TPSA) is 164 Å². The van der Waals surface area contributed by atoms with E-state index in [1.807, 2.05) is 53.6 Å². The van der Waals surface area contributed by atoms with Crippen molar-refractivity contribution in [1.29, 1.82) is 0 Å². The van der Waals surface area contributed by atoms with Crippen molar-refractivity contribution in [2.75, 3.05) is 34.0 Å². The van der Waals surface area contributed by atoms with Gasteiger partial charge in [0.25, 0.3) is 5.91 Å². The molecule has 0 bridgehead atoms. The monoisotopic (exact) mass is 759 g/mol. The van der Waals surface area contributed by atoms with Crippen LogP contribution in [0.15, 0.2) is 91.3 Å². The van der Waals surface area contributed by atoms with E-state index in [0.717, 1.165) is 77.1 Å². The molecular weight excluding hydrogens is 711 g/mol. The quantitative estimate of drug-likeness (QED) is 0.124. The summed E-state index contributed by atoms with van der Waals surface area (Å²) in [6, 6.07) is 24.9. The number of aromatic nitrogens is 4. The normalized spacial score (nSPS) is 20.0. The van der Waals surface area contributed by atoms with Crippen molar-refractivity contribution in [2.45, 2.75) is 69.2 Å². The molecule has 13 heteroatoms. The largest absolute Gasteiger partial charge is 0.453 e. The van der Waals surface area contributed by atoms with E-state index in [9.17, 15) is 14.4 Å². The summed E-state index contributed by atoms with van der Waals surface area (Å²) in [7, 11) is 2.86. The van der Waals surface area contributed by atoms with Crippen LogP contribution in [0.5, 0.6) is 0 Å². The minimum absolute atomic E-state index is 0.0537. The first-order valence-electron chi connectivity index (χ1n) is 19.3. The maximum absolute atomic E-state index is 13.6. The highest BCUT2D eigenvalue weighted by molar-refractivity contribution is 5.86. The van der Waals surface area contributed by atoms with Crippen LogP contribution in [0.1, 0.15) is 80.3 Å². The van der Waals surface area contributed by atoms with E-state index in [1.54, 1.807) is 13.3 Å². The number of hydrogen-bond acceptors (Lipinski definition) is 8. The van der Waals surface area contributed by atoms with Gasteiger partial charge in [0.15, 0.2) is 6.10 Å². The van der Waals surface area contributed by atoms with E-state index in [-0.39, 0.29) is 17.9 Å². The van der Waals surface area contributed by atoms with Crippen molar-refractivity contribution in [3.63, 3.8) is 0 Å². The van der Waals surface area contributed by atoms with Gasteiger partial charge in [-0.15, -0.1) is 0 Å². The van der Waals surface area contributed by atoms with E-state index in [0.29, 0.717) is 38.4 Å². The number of likely N-dealkylation sites (tertiary alicyclic amines) is 1. The number of hydrogen-bond donors (Lipinski definition) is 4. The van der Waals surface area contributed by atoms with Gasteiger partial charge in [-0.25, -0.2) is 14.8 Å². The molecule has 2 aromatic heterocycles. The molecule has 3 amide bonds. The fraction of sp³-hybridized carbons (Fsp3) is 0.372. The van der Waals surface area contributed by atoms with Gasteiger partial charge in [-0.2, -0.15) is 0 Å². The highest BCUT2D eigenvalue weighted by Gasteiger charge is 2.36. The van der Waals surface area contributed by atoms with Gasteiger partial charge < -0.3 is 39.7 Å². The van der Waals surface area contributed by atoms with Crippen LogP contribution in [-0.4, -0.2) is 82.8 Å². The lowest BCUT2D eigenvalue weighted by Gasteiger charge is -2.27. The van der Waals surface area contributed by atoms with Crippen LogP contribution in [0.4, 0.5) is 4.79 Å². The van der Waals surface area contributed by atoms with Crippen LogP contribution >= 0.6 is 0 Å². The van der Waals surface area contributed by atoms with Crippen molar-refractivity contribution in [3.05, 3.63) is 108 Å². The Morgan fingerprint density at radius 3 is 2.07 bits per heavy atom. The highest BCUT2D eigenvalue weighted by atomic mass is 16.5. The van der Waals surface area contributed by atoms with Crippen molar-refractivity contribution in [3.8, 4) is 33.6 Å². The molecule has 13 nitrogen and oxygen atoms in total. The average Bonchev–Trinajstić information content (AvgIpc) is 4.03. The number of alkyl carbamates (subject to hydrolysis) is 1. The summed E-state index contributed by atoms with van der Waals surface area (Å²) in [5, 5.41) is 5.74. The number of carbonyl (C=O) groups excluding carboxylic acids is 3. The van der Waals surface area contributed by atoms with E-state index in [1.165, 1.54) is 7.11 Å². The van der Waals surface area contributed by atoms with Gasteiger partial charge in [-0.3, -0.25) is 9.59 Å². The molecule has 0 radical (unpaired) electrons. The van der Waals surface area contributed by atoms with Crippen molar-refractivity contribution in [1.82, 2.24) is 35.5 Å². The Kier molecular flexibility index (Phi) is 12.5.